The number of hydrogen-bond donors (Lipinski definition) is 0. The number of nitrogens with zero attached hydrogens (tertiary/aromatic N) is 1. The van der Waals surface area contributed by atoms with Crippen molar-refractivity contribution < 1.29 is 66.1 Å². The number of carbonyl (C=O) groups is 2. The van der Waals surface area contributed by atoms with Crippen molar-refractivity contribution in [3.63, 3.8) is 0 Å². The largest absolute Gasteiger partial charge is 1.00 e. The van der Waals surface area contributed by atoms with E-state index in [1.165, 1.54) is 7.05 Å². The number of rotatable bonds is 3. The number of carboxylic acid groups (broad SMARTS) is 1. The van der Waals surface area contributed by atoms with Crippen LogP contribution in [0.5, 0.6) is 0 Å². The van der Waals surface area contributed by atoms with E-state index in [1.54, 1.807) is 0 Å². The molecule has 0 rings (SSSR count). The minimum Gasteiger partial charge on any atom is -0.548 e. The number of carbonyl (C=O) groups excluding carboxylic acids is 2. The molecule has 0 aromatic rings. The summed E-state index contributed by atoms with van der Waals surface area (Å²) in [5.74, 6) is -1.71. The van der Waals surface area contributed by atoms with Gasteiger partial charge in [-0.25, -0.2) is 0 Å². The van der Waals surface area contributed by atoms with E-state index in [0.717, 1.165) is 11.0 Å². The molecule has 0 aliphatic rings. The first-order valence-electron chi connectivity index (χ1n) is 2.65. The second-order valence-corrected chi connectivity index (χ2v) is 1.77. The zero-order valence-corrected chi connectivity index (χ0v) is 9.79. The van der Waals surface area contributed by atoms with Gasteiger partial charge in [-0.05, 0) is 6.08 Å². The molecule has 0 radical (unpaired) electrons. The number of likely N-dealkylation sites (N-methyl/N-ethyl adjacent to an activating group) is 1. The predicted octanol–water partition coefficient (Wildman–Crippen LogP) is -4.62. The normalized spacial score (nSPS) is 7.73. The smallest absolute Gasteiger partial charge is 0.548 e. The van der Waals surface area contributed by atoms with Crippen molar-refractivity contribution in [2.75, 3.05) is 13.6 Å². The number of aliphatic carboxylic acids is 1. The Morgan fingerprint density at radius 3 is 2.36 bits per heavy atom. The Kier molecular flexibility index (Phi) is 8.82. The average molecular weight is 181 g/mol. The van der Waals surface area contributed by atoms with Crippen molar-refractivity contribution in [3.05, 3.63) is 12.7 Å². The summed E-state index contributed by atoms with van der Waals surface area (Å²) < 4.78 is 0. The standard InChI is InChI=1S/C6H9NO3.K/c1-3-5(8)7(2)4-6(9)10;/h3H,1,4H2,2H3,(H,9,10);/q;+1/p-1. The van der Waals surface area contributed by atoms with Crippen molar-refractivity contribution in [3.8, 4) is 0 Å². The molecular weight excluding hydrogens is 173 g/mol. The van der Waals surface area contributed by atoms with Gasteiger partial charge in [-0.2, -0.15) is 0 Å². The van der Waals surface area contributed by atoms with Crippen LogP contribution in [0.4, 0.5) is 0 Å². The van der Waals surface area contributed by atoms with Crippen LogP contribution >= 0.6 is 0 Å². The van der Waals surface area contributed by atoms with Crippen LogP contribution in [0.15, 0.2) is 12.7 Å². The number of carboxylic acids is 1. The molecule has 0 heterocycles. The van der Waals surface area contributed by atoms with Crippen LogP contribution in [0.25, 0.3) is 0 Å². The number of hydrogen-bond acceptors (Lipinski definition) is 3. The van der Waals surface area contributed by atoms with E-state index in [9.17, 15) is 14.7 Å². The monoisotopic (exact) mass is 181 g/mol. The van der Waals surface area contributed by atoms with E-state index < -0.39 is 18.4 Å². The van der Waals surface area contributed by atoms with Crippen LogP contribution in [0.3, 0.4) is 0 Å². The Morgan fingerprint density at radius 2 is 2.09 bits per heavy atom. The Bertz CT molecular complexity index is 169. The van der Waals surface area contributed by atoms with Crippen molar-refractivity contribution in [2.24, 2.45) is 0 Å². The molecule has 5 heteroatoms. The van der Waals surface area contributed by atoms with Crippen LogP contribution in [-0.2, 0) is 9.59 Å². The summed E-state index contributed by atoms with van der Waals surface area (Å²) >= 11 is 0. The molecule has 0 saturated heterocycles. The summed E-state index contributed by atoms with van der Waals surface area (Å²) in [7, 11) is 1.36. The molecule has 56 valence electrons. The minimum absolute atomic E-state index is 0. The van der Waals surface area contributed by atoms with Gasteiger partial charge in [-0.15, -0.1) is 0 Å². The van der Waals surface area contributed by atoms with Crippen LogP contribution in [0, 0.1) is 0 Å². The molecule has 0 N–H and O–H groups in total. The predicted molar refractivity (Wildman–Crippen MR) is 32.8 cm³/mol. The molecule has 0 aromatic carbocycles. The Morgan fingerprint density at radius 1 is 1.64 bits per heavy atom. The van der Waals surface area contributed by atoms with Gasteiger partial charge in [0.2, 0.25) is 5.91 Å². The maximum Gasteiger partial charge on any atom is 1.00 e. The summed E-state index contributed by atoms with van der Waals surface area (Å²) in [5.41, 5.74) is 0. The summed E-state index contributed by atoms with van der Waals surface area (Å²) in [5, 5.41) is 9.89. The van der Waals surface area contributed by atoms with Crippen molar-refractivity contribution in [2.45, 2.75) is 0 Å². The van der Waals surface area contributed by atoms with Gasteiger partial charge in [0.15, 0.2) is 0 Å². The molecule has 0 bridgehead atoms. The Balaban J connectivity index is 0. The van der Waals surface area contributed by atoms with Gasteiger partial charge in [0.25, 0.3) is 0 Å². The molecule has 11 heavy (non-hydrogen) atoms. The molecule has 0 atom stereocenters. The molecule has 0 aliphatic heterocycles. The van der Waals surface area contributed by atoms with E-state index in [1.807, 2.05) is 0 Å². The third-order valence-electron chi connectivity index (χ3n) is 0.917. The van der Waals surface area contributed by atoms with Gasteiger partial charge >= 0.3 is 51.4 Å². The van der Waals surface area contributed by atoms with Gasteiger partial charge in [0, 0.05) is 7.05 Å². The van der Waals surface area contributed by atoms with Crippen molar-refractivity contribution in [1.29, 1.82) is 0 Å². The average Bonchev–Trinajstić information content (AvgIpc) is 1.85. The van der Waals surface area contributed by atoms with Gasteiger partial charge in [-0.1, -0.05) is 6.58 Å². The van der Waals surface area contributed by atoms with Crippen LogP contribution in [-0.4, -0.2) is 30.4 Å². The van der Waals surface area contributed by atoms with E-state index in [4.69, 9.17) is 0 Å². The van der Waals surface area contributed by atoms with Crippen molar-refractivity contribution >= 4 is 11.9 Å². The zero-order chi connectivity index (χ0) is 8.15. The van der Waals surface area contributed by atoms with Gasteiger partial charge < -0.3 is 14.8 Å². The topological polar surface area (TPSA) is 60.4 Å². The van der Waals surface area contributed by atoms with E-state index in [2.05, 4.69) is 6.58 Å². The Labute approximate surface area is 108 Å². The summed E-state index contributed by atoms with van der Waals surface area (Å²) in [4.78, 5) is 21.5. The quantitative estimate of drug-likeness (QED) is 0.325. The molecule has 0 saturated carbocycles. The third-order valence-corrected chi connectivity index (χ3v) is 0.917. The first kappa shape index (κ1) is 13.9. The number of amides is 1. The molecule has 0 fully saturated rings. The van der Waals surface area contributed by atoms with Crippen LogP contribution in [0.1, 0.15) is 0 Å². The van der Waals surface area contributed by atoms with E-state index >= 15 is 0 Å². The fourth-order valence-electron chi connectivity index (χ4n) is 0.427. The fourth-order valence-corrected chi connectivity index (χ4v) is 0.427. The summed E-state index contributed by atoms with van der Waals surface area (Å²) in [6, 6.07) is 0. The minimum atomic E-state index is -1.28. The first-order valence-corrected chi connectivity index (χ1v) is 2.65. The maximum atomic E-state index is 10.6. The molecule has 4 nitrogen and oxygen atoms in total. The van der Waals surface area contributed by atoms with Crippen LogP contribution in [0.2, 0.25) is 0 Å². The zero-order valence-electron chi connectivity index (χ0n) is 6.66. The van der Waals surface area contributed by atoms with Crippen LogP contribution < -0.4 is 56.5 Å². The van der Waals surface area contributed by atoms with Gasteiger partial charge in [0.1, 0.15) is 0 Å². The summed E-state index contributed by atoms with van der Waals surface area (Å²) in [6.45, 7) is 2.79. The fraction of sp³-hybridized carbons (Fsp3) is 0.333. The molecule has 1 amide bonds. The maximum absolute atomic E-state index is 10.6. The molecule has 0 aromatic heterocycles. The second-order valence-electron chi connectivity index (χ2n) is 1.77. The molecule has 0 unspecified atom stereocenters. The van der Waals surface area contributed by atoms with Gasteiger partial charge in [0.05, 0.1) is 12.5 Å². The Hall–Kier alpha value is 0.316. The molecule has 0 aliphatic carbocycles. The summed E-state index contributed by atoms with van der Waals surface area (Å²) in [6.07, 6.45) is 1.04. The SMILES string of the molecule is C=CC(=O)N(C)CC(=O)[O-].[K+]. The molecular formula is C6H8KNO3. The van der Waals surface area contributed by atoms with Gasteiger partial charge in [-0.3, -0.25) is 4.79 Å². The van der Waals surface area contributed by atoms with E-state index in [-0.39, 0.29) is 51.4 Å². The molecule has 0 spiro atoms. The second kappa shape index (κ2) is 6.99. The first-order chi connectivity index (χ1) is 4.57. The van der Waals surface area contributed by atoms with E-state index in [0.29, 0.717) is 0 Å². The third kappa shape index (κ3) is 6.70. The van der Waals surface area contributed by atoms with Crippen molar-refractivity contribution in [1.82, 2.24) is 4.90 Å².